The maximum atomic E-state index is 13.5. The standard InChI is InChI=1S/C33H26N4O3/c1-36-28-15-8-16-29-30(28)23(20-37(29)27-14-7-12-22-11-5-6-13-25(22)27)18-26(33(36)39)35-31(38)32-34-19-24(40-32)17-21-9-3-2-4-10-21/h2-16,19-20,26H,17-18H2,1H3,(H,35,38)/t26-/m0/s1. The summed E-state index contributed by atoms with van der Waals surface area (Å²) in [5, 5.41) is 6.19. The van der Waals surface area contributed by atoms with Crippen LogP contribution in [-0.4, -0.2) is 34.5 Å². The predicted molar refractivity (Wildman–Crippen MR) is 155 cm³/mol. The van der Waals surface area contributed by atoms with Crippen LogP contribution in [0.15, 0.2) is 108 Å². The van der Waals surface area contributed by atoms with Crippen LogP contribution in [0.3, 0.4) is 0 Å². The molecule has 1 atom stereocenters. The number of amides is 2. The van der Waals surface area contributed by atoms with Crippen molar-refractivity contribution in [2.24, 2.45) is 0 Å². The monoisotopic (exact) mass is 526 g/mol. The van der Waals surface area contributed by atoms with Gasteiger partial charge in [-0.05, 0) is 34.7 Å². The maximum Gasteiger partial charge on any atom is 0.307 e. The second-order valence-corrected chi connectivity index (χ2v) is 10.1. The number of nitrogens with one attached hydrogen (secondary N) is 1. The summed E-state index contributed by atoms with van der Waals surface area (Å²) in [4.78, 5) is 32.6. The summed E-state index contributed by atoms with van der Waals surface area (Å²) in [5.41, 5.74) is 4.93. The quantitative estimate of drug-likeness (QED) is 0.313. The van der Waals surface area contributed by atoms with E-state index < -0.39 is 11.9 Å². The summed E-state index contributed by atoms with van der Waals surface area (Å²) in [7, 11) is 1.75. The zero-order valence-corrected chi connectivity index (χ0v) is 21.9. The molecule has 7 nitrogen and oxygen atoms in total. The van der Waals surface area contributed by atoms with E-state index in [9.17, 15) is 9.59 Å². The van der Waals surface area contributed by atoms with Crippen molar-refractivity contribution >= 4 is 39.2 Å². The first kappa shape index (κ1) is 23.9. The second kappa shape index (κ2) is 9.54. The zero-order chi connectivity index (χ0) is 27.2. The highest BCUT2D eigenvalue weighted by atomic mass is 16.4. The lowest BCUT2D eigenvalue weighted by Crippen LogP contribution is -2.48. The molecule has 6 aromatic rings. The number of fused-ring (bicyclic) bond motifs is 1. The third kappa shape index (κ3) is 4.03. The lowest BCUT2D eigenvalue weighted by Gasteiger charge is -2.22. The highest BCUT2D eigenvalue weighted by Gasteiger charge is 2.33. The number of hydrogen-bond acceptors (Lipinski definition) is 4. The van der Waals surface area contributed by atoms with Crippen LogP contribution >= 0.6 is 0 Å². The molecule has 0 saturated heterocycles. The Morgan fingerprint density at radius 2 is 1.70 bits per heavy atom. The normalized spacial score (nSPS) is 15.0. The molecule has 3 heterocycles. The molecular weight excluding hydrogens is 500 g/mol. The van der Waals surface area contributed by atoms with Crippen LogP contribution in [0, 0.1) is 0 Å². The van der Waals surface area contributed by atoms with Crippen molar-refractivity contribution in [3.05, 3.63) is 126 Å². The summed E-state index contributed by atoms with van der Waals surface area (Å²) in [5.74, 6) is -0.171. The Bertz CT molecular complexity index is 1900. The van der Waals surface area contributed by atoms with Crippen LogP contribution in [-0.2, 0) is 17.6 Å². The number of rotatable bonds is 5. The van der Waals surface area contributed by atoms with Gasteiger partial charge in [-0.2, -0.15) is 0 Å². The van der Waals surface area contributed by atoms with Gasteiger partial charge in [-0.25, -0.2) is 4.98 Å². The number of carbonyl (C=O) groups is 2. The molecule has 0 spiro atoms. The first-order chi connectivity index (χ1) is 19.6. The molecule has 0 bridgehead atoms. The number of nitrogens with zero attached hydrogens (tertiary/aromatic N) is 3. The molecule has 1 aliphatic heterocycles. The average molecular weight is 527 g/mol. The molecule has 7 rings (SSSR count). The molecule has 7 heteroatoms. The van der Waals surface area contributed by atoms with Crippen molar-refractivity contribution in [1.29, 1.82) is 0 Å². The van der Waals surface area contributed by atoms with Gasteiger partial charge < -0.3 is 19.2 Å². The molecule has 0 fully saturated rings. The molecule has 0 radical (unpaired) electrons. The van der Waals surface area contributed by atoms with Crippen molar-refractivity contribution in [2.75, 3.05) is 11.9 Å². The number of likely N-dealkylation sites (N-methyl/N-ethyl adjacent to an activating group) is 1. The first-order valence-electron chi connectivity index (χ1n) is 13.2. The lowest BCUT2D eigenvalue weighted by molar-refractivity contribution is -0.120. The van der Waals surface area contributed by atoms with Crippen LogP contribution in [0.25, 0.3) is 27.4 Å². The van der Waals surface area contributed by atoms with Gasteiger partial charge in [0.1, 0.15) is 11.8 Å². The zero-order valence-electron chi connectivity index (χ0n) is 21.9. The summed E-state index contributed by atoms with van der Waals surface area (Å²) in [6.45, 7) is 0. The van der Waals surface area contributed by atoms with Gasteiger partial charge in [0.05, 0.1) is 23.1 Å². The third-order valence-corrected chi connectivity index (χ3v) is 7.60. The molecule has 0 saturated carbocycles. The topological polar surface area (TPSA) is 80.4 Å². The molecule has 1 aliphatic rings. The van der Waals surface area contributed by atoms with Gasteiger partial charge in [0, 0.05) is 36.9 Å². The number of hydrogen-bond donors (Lipinski definition) is 1. The molecular formula is C33H26N4O3. The number of carbonyl (C=O) groups excluding carboxylic acids is 2. The largest absolute Gasteiger partial charge is 0.437 e. The Labute approximate surface area is 230 Å². The minimum Gasteiger partial charge on any atom is -0.437 e. The smallest absolute Gasteiger partial charge is 0.307 e. The molecule has 1 N–H and O–H groups in total. The fourth-order valence-electron chi connectivity index (χ4n) is 5.68. The van der Waals surface area contributed by atoms with Gasteiger partial charge in [0.15, 0.2) is 0 Å². The van der Waals surface area contributed by atoms with E-state index in [1.807, 2.05) is 54.6 Å². The van der Waals surface area contributed by atoms with E-state index in [2.05, 4.69) is 57.5 Å². The van der Waals surface area contributed by atoms with Crippen LogP contribution < -0.4 is 10.2 Å². The van der Waals surface area contributed by atoms with E-state index in [1.165, 1.54) is 0 Å². The fourth-order valence-corrected chi connectivity index (χ4v) is 5.68. The van der Waals surface area contributed by atoms with Gasteiger partial charge in [-0.15, -0.1) is 0 Å². The van der Waals surface area contributed by atoms with Crippen molar-refractivity contribution in [1.82, 2.24) is 14.9 Å². The van der Waals surface area contributed by atoms with E-state index in [0.29, 0.717) is 18.6 Å². The first-order valence-corrected chi connectivity index (χ1v) is 13.2. The Balaban J connectivity index is 1.22. The van der Waals surface area contributed by atoms with Gasteiger partial charge in [0.2, 0.25) is 5.91 Å². The molecule has 4 aromatic carbocycles. The Morgan fingerprint density at radius 1 is 0.950 bits per heavy atom. The number of oxazole rings is 1. The van der Waals surface area contributed by atoms with Crippen molar-refractivity contribution in [2.45, 2.75) is 18.9 Å². The summed E-state index contributed by atoms with van der Waals surface area (Å²) in [6.07, 6.45) is 4.52. The predicted octanol–water partition coefficient (Wildman–Crippen LogP) is 5.68. The van der Waals surface area contributed by atoms with E-state index in [-0.39, 0.29) is 11.8 Å². The van der Waals surface area contributed by atoms with E-state index in [1.54, 1.807) is 18.1 Å². The van der Waals surface area contributed by atoms with Crippen molar-refractivity contribution in [3.8, 4) is 5.69 Å². The molecule has 2 aromatic heterocycles. The van der Waals surface area contributed by atoms with Crippen LogP contribution in [0.5, 0.6) is 0 Å². The van der Waals surface area contributed by atoms with E-state index in [4.69, 9.17) is 4.42 Å². The highest BCUT2D eigenvalue weighted by molar-refractivity contribution is 6.10. The average Bonchev–Trinajstić information content (AvgIpc) is 3.59. The summed E-state index contributed by atoms with van der Waals surface area (Å²) >= 11 is 0. The van der Waals surface area contributed by atoms with Crippen molar-refractivity contribution in [3.63, 3.8) is 0 Å². The Morgan fingerprint density at radius 3 is 2.58 bits per heavy atom. The second-order valence-electron chi connectivity index (χ2n) is 10.1. The molecule has 2 amide bonds. The van der Waals surface area contributed by atoms with Gasteiger partial charge >= 0.3 is 5.91 Å². The Hall–Kier alpha value is -5.17. The lowest BCUT2D eigenvalue weighted by atomic mass is 10.1. The number of aromatic nitrogens is 2. The molecule has 196 valence electrons. The van der Waals surface area contributed by atoms with Crippen molar-refractivity contribution < 1.29 is 14.0 Å². The van der Waals surface area contributed by atoms with Crippen LogP contribution in [0.2, 0.25) is 0 Å². The van der Waals surface area contributed by atoms with E-state index in [0.717, 1.165) is 44.2 Å². The van der Waals surface area contributed by atoms with Gasteiger partial charge in [0.25, 0.3) is 5.89 Å². The number of benzene rings is 4. The van der Waals surface area contributed by atoms with Gasteiger partial charge in [-0.1, -0.05) is 72.8 Å². The minimum absolute atomic E-state index is 0.0541. The highest BCUT2D eigenvalue weighted by Crippen LogP contribution is 2.37. The molecule has 40 heavy (non-hydrogen) atoms. The Kier molecular flexibility index (Phi) is 5.70. The molecule has 0 aliphatic carbocycles. The SMILES string of the molecule is CN1C(=O)[C@@H](NC(=O)c2ncc(Cc3ccccc3)o2)Cc2cn(-c3cccc4ccccc34)c3cccc1c23. The summed E-state index contributed by atoms with van der Waals surface area (Å²) < 4.78 is 7.94. The van der Waals surface area contributed by atoms with Crippen LogP contribution in [0.4, 0.5) is 5.69 Å². The molecule has 0 unspecified atom stereocenters. The van der Waals surface area contributed by atoms with Crippen LogP contribution in [0.1, 0.15) is 27.6 Å². The number of anilines is 1. The van der Waals surface area contributed by atoms with Gasteiger partial charge in [-0.3, -0.25) is 9.59 Å². The summed E-state index contributed by atoms with van der Waals surface area (Å²) in [6, 6.07) is 29.6. The maximum absolute atomic E-state index is 13.5. The van der Waals surface area contributed by atoms with E-state index >= 15 is 0 Å². The minimum atomic E-state index is -0.777. The fraction of sp³-hybridized carbons (Fsp3) is 0.121. The third-order valence-electron chi connectivity index (χ3n) is 7.60.